The van der Waals surface area contributed by atoms with Crippen LogP contribution in [0.1, 0.15) is 23.5 Å². The number of carbonyl (C=O) groups excluding carboxylic acids is 1. The molecule has 31 heavy (non-hydrogen) atoms. The van der Waals surface area contributed by atoms with E-state index in [0.717, 1.165) is 5.56 Å². The van der Waals surface area contributed by atoms with E-state index < -0.39 is 12.0 Å². The zero-order valence-corrected chi connectivity index (χ0v) is 18.2. The van der Waals surface area contributed by atoms with Crippen LogP contribution < -0.4 is 14.2 Å². The Labute approximate surface area is 185 Å². The van der Waals surface area contributed by atoms with Gasteiger partial charge in [0.15, 0.2) is 17.6 Å². The van der Waals surface area contributed by atoms with E-state index in [9.17, 15) is 14.9 Å². The van der Waals surface area contributed by atoms with E-state index in [-0.39, 0.29) is 29.9 Å². The summed E-state index contributed by atoms with van der Waals surface area (Å²) in [7, 11) is 3.03. The van der Waals surface area contributed by atoms with Gasteiger partial charge in [-0.1, -0.05) is 29.8 Å². The van der Waals surface area contributed by atoms with E-state index in [1.165, 1.54) is 14.2 Å². The molecule has 1 fully saturated rings. The number of methoxy groups -OCH3 is 2. The standard InChI is InChI=1S/C22H25ClN2O6/c1-29-20-8-5-16(11-21(20)30-2)18-12-22(26)24(13-19(18)25(27)28)10-9-15-3-6-17(7-4-15)31-14-23/h3-8,11,18-19H,9-10,12-14H2,1-2H3/t18-,19+/m0/s1. The summed E-state index contributed by atoms with van der Waals surface area (Å²) in [4.78, 5) is 25.9. The molecule has 0 spiro atoms. The van der Waals surface area contributed by atoms with Crippen molar-refractivity contribution in [2.45, 2.75) is 24.8 Å². The summed E-state index contributed by atoms with van der Waals surface area (Å²) in [6.45, 7) is 0.482. The first kappa shape index (κ1) is 22.7. The van der Waals surface area contributed by atoms with Gasteiger partial charge in [-0.25, -0.2) is 0 Å². The van der Waals surface area contributed by atoms with Crippen LogP contribution in [0, 0.1) is 10.1 Å². The fraction of sp³-hybridized carbons (Fsp3) is 0.409. The monoisotopic (exact) mass is 448 g/mol. The average Bonchev–Trinajstić information content (AvgIpc) is 2.78. The van der Waals surface area contributed by atoms with Gasteiger partial charge in [0, 0.05) is 17.9 Å². The Kier molecular flexibility index (Phi) is 7.57. The van der Waals surface area contributed by atoms with Crippen molar-refractivity contribution in [3.05, 3.63) is 63.7 Å². The second kappa shape index (κ2) is 10.3. The smallest absolute Gasteiger partial charge is 0.237 e. The summed E-state index contributed by atoms with van der Waals surface area (Å²) in [5.74, 6) is 1.07. The van der Waals surface area contributed by atoms with Gasteiger partial charge in [-0.3, -0.25) is 14.9 Å². The largest absolute Gasteiger partial charge is 0.493 e. The number of rotatable bonds is 9. The molecule has 0 radical (unpaired) electrons. The molecule has 1 aliphatic rings. The van der Waals surface area contributed by atoms with Crippen LogP contribution in [0.5, 0.6) is 17.2 Å². The van der Waals surface area contributed by atoms with Crippen LogP contribution in [-0.4, -0.2) is 55.1 Å². The van der Waals surface area contributed by atoms with Crippen LogP contribution in [0.15, 0.2) is 42.5 Å². The van der Waals surface area contributed by atoms with Gasteiger partial charge in [-0.2, -0.15) is 0 Å². The molecule has 0 aliphatic carbocycles. The summed E-state index contributed by atoms with van der Waals surface area (Å²) >= 11 is 5.55. The van der Waals surface area contributed by atoms with E-state index in [2.05, 4.69) is 0 Å². The summed E-state index contributed by atoms with van der Waals surface area (Å²) in [6.07, 6.45) is 0.669. The molecule has 0 saturated carbocycles. The Balaban J connectivity index is 1.71. The van der Waals surface area contributed by atoms with Crippen molar-refractivity contribution in [1.82, 2.24) is 4.90 Å². The number of benzene rings is 2. The van der Waals surface area contributed by atoms with E-state index in [1.54, 1.807) is 23.1 Å². The molecule has 3 rings (SSSR count). The summed E-state index contributed by atoms with van der Waals surface area (Å²) < 4.78 is 15.8. The number of alkyl halides is 1. The third-order valence-electron chi connectivity index (χ3n) is 5.54. The minimum atomic E-state index is -0.893. The number of hydrogen-bond acceptors (Lipinski definition) is 6. The first-order valence-corrected chi connectivity index (χ1v) is 10.4. The summed E-state index contributed by atoms with van der Waals surface area (Å²) in [6, 6.07) is 11.8. The lowest BCUT2D eigenvalue weighted by Crippen LogP contribution is -2.50. The molecule has 1 aliphatic heterocycles. The lowest BCUT2D eigenvalue weighted by Gasteiger charge is -2.34. The number of amides is 1. The fourth-order valence-corrected chi connectivity index (χ4v) is 3.97. The fourth-order valence-electron chi connectivity index (χ4n) is 3.84. The number of piperidine rings is 1. The first-order valence-electron chi connectivity index (χ1n) is 9.87. The minimum Gasteiger partial charge on any atom is -0.493 e. The van der Waals surface area contributed by atoms with Crippen LogP contribution in [-0.2, 0) is 11.2 Å². The quantitative estimate of drug-likeness (QED) is 0.331. The molecule has 0 bridgehead atoms. The van der Waals surface area contributed by atoms with Crippen molar-refractivity contribution in [1.29, 1.82) is 0 Å². The highest BCUT2D eigenvalue weighted by Crippen LogP contribution is 2.36. The molecule has 1 amide bonds. The van der Waals surface area contributed by atoms with Gasteiger partial charge in [0.05, 0.1) is 26.7 Å². The van der Waals surface area contributed by atoms with Crippen LogP contribution >= 0.6 is 11.6 Å². The Hall–Kier alpha value is -3.00. The highest BCUT2D eigenvalue weighted by molar-refractivity contribution is 6.17. The van der Waals surface area contributed by atoms with E-state index in [0.29, 0.717) is 35.8 Å². The number of nitrogens with zero attached hydrogens (tertiary/aromatic N) is 2. The molecule has 0 N–H and O–H groups in total. The molecule has 166 valence electrons. The molecule has 1 heterocycles. The van der Waals surface area contributed by atoms with Gasteiger partial charge in [0.25, 0.3) is 0 Å². The molecule has 1 saturated heterocycles. The molecule has 2 atom stereocenters. The van der Waals surface area contributed by atoms with E-state index >= 15 is 0 Å². The van der Waals surface area contributed by atoms with Crippen molar-refractivity contribution in [2.24, 2.45) is 0 Å². The summed E-state index contributed by atoms with van der Waals surface area (Å²) in [5, 5.41) is 11.8. The highest BCUT2D eigenvalue weighted by atomic mass is 35.5. The van der Waals surface area contributed by atoms with Crippen molar-refractivity contribution in [3.8, 4) is 17.2 Å². The van der Waals surface area contributed by atoms with Crippen molar-refractivity contribution in [2.75, 3.05) is 33.4 Å². The topological polar surface area (TPSA) is 91.1 Å². The molecule has 2 aromatic rings. The van der Waals surface area contributed by atoms with Gasteiger partial charge >= 0.3 is 0 Å². The van der Waals surface area contributed by atoms with Gasteiger partial charge in [0.1, 0.15) is 5.75 Å². The predicted molar refractivity (Wildman–Crippen MR) is 116 cm³/mol. The number of carbonyl (C=O) groups is 1. The molecule has 0 unspecified atom stereocenters. The van der Waals surface area contributed by atoms with Crippen LogP contribution in [0.4, 0.5) is 0 Å². The molecule has 8 nitrogen and oxygen atoms in total. The van der Waals surface area contributed by atoms with Gasteiger partial charge in [-0.05, 0) is 41.8 Å². The Bertz CT molecular complexity index is 921. The average molecular weight is 449 g/mol. The molecule has 9 heteroatoms. The SMILES string of the molecule is COc1ccc([C@@H]2CC(=O)N(CCc3ccc(OCCl)cc3)C[C@H]2[N+](=O)[O-])cc1OC. The molecular weight excluding hydrogens is 424 g/mol. The van der Waals surface area contributed by atoms with E-state index in [1.807, 2.05) is 24.3 Å². The second-order valence-corrected chi connectivity index (χ2v) is 7.48. The van der Waals surface area contributed by atoms with Crippen molar-refractivity contribution >= 4 is 17.5 Å². The Morgan fingerprint density at radius 1 is 1.13 bits per heavy atom. The maximum absolute atomic E-state index is 12.8. The highest BCUT2D eigenvalue weighted by Gasteiger charge is 2.42. The predicted octanol–water partition coefficient (Wildman–Crippen LogP) is 3.48. The maximum atomic E-state index is 12.8. The molecule has 0 aromatic heterocycles. The van der Waals surface area contributed by atoms with Crippen LogP contribution in [0.25, 0.3) is 0 Å². The van der Waals surface area contributed by atoms with E-state index in [4.69, 9.17) is 25.8 Å². The Morgan fingerprint density at radius 2 is 1.84 bits per heavy atom. The third kappa shape index (κ3) is 5.38. The van der Waals surface area contributed by atoms with Gasteiger partial charge in [0.2, 0.25) is 11.9 Å². The van der Waals surface area contributed by atoms with Crippen molar-refractivity contribution < 1.29 is 23.9 Å². The first-order chi connectivity index (χ1) is 15.0. The third-order valence-corrected chi connectivity index (χ3v) is 5.65. The lowest BCUT2D eigenvalue weighted by atomic mass is 9.85. The second-order valence-electron chi connectivity index (χ2n) is 7.26. The zero-order valence-electron chi connectivity index (χ0n) is 17.5. The number of halogens is 1. The minimum absolute atomic E-state index is 0.0677. The van der Waals surface area contributed by atoms with Crippen LogP contribution in [0.3, 0.4) is 0 Å². The van der Waals surface area contributed by atoms with Gasteiger partial charge in [-0.15, -0.1) is 0 Å². The number of hydrogen-bond donors (Lipinski definition) is 0. The van der Waals surface area contributed by atoms with Crippen molar-refractivity contribution in [3.63, 3.8) is 0 Å². The lowest BCUT2D eigenvalue weighted by molar-refractivity contribution is -0.528. The zero-order chi connectivity index (χ0) is 22.4. The van der Waals surface area contributed by atoms with Crippen LogP contribution in [0.2, 0.25) is 0 Å². The Morgan fingerprint density at radius 3 is 2.45 bits per heavy atom. The number of likely N-dealkylation sites (tertiary alicyclic amines) is 1. The maximum Gasteiger partial charge on any atom is 0.237 e. The number of ether oxygens (including phenoxy) is 3. The molecular formula is C22H25ClN2O6. The van der Waals surface area contributed by atoms with Gasteiger partial charge < -0.3 is 19.1 Å². The normalized spacial score (nSPS) is 18.5. The summed E-state index contributed by atoms with van der Waals surface area (Å²) in [5.41, 5.74) is 1.71. The number of nitro groups is 1. The molecule has 2 aromatic carbocycles.